The van der Waals surface area contributed by atoms with Crippen LogP contribution in [-0.2, 0) is 19.0 Å². The quantitative estimate of drug-likeness (QED) is 0.431. The molecule has 0 bridgehead atoms. The molecule has 15 heavy (non-hydrogen) atoms. The third-order valence-corrected chi connectivity index (χ3v) is 2.64. The van der Waals surface area contributed by atoms with Gasteiger partial charge in [0.2, 0.25) is 0 Å². The molecule has 0 aromatic carbocycles. The summed E-state index contributed by atoms with van der Waals surface area (Å²) in [7, 11) is -1.53. The Kier molecular flexibility index (Phi) is 9.04. The molecule has 0 aliphatic rings. The van der Waals surface area contributed by atoms with Gasteiger partial charge in [0.25, 0.3) is 10.1 Å². The van der Waals surface area contributed by atoms with Crippen molar-refractivity contribution in [2.75, 3.05) is 26.6 Å². The summed E-state index contributed by atoms with van der Waals surface area (Å²) in [5.74, 6) is 0. The SMILES string of the molecule is COCCCCCCCCOS(C)(=O)=O. The third kappa shape index (κ3) is 13.9. The fraction of sp³-hybridized carbons (Fsp3) is 1.00. The molecule has 0 amide bonds. The lowest BCUT2D eigenvalue weighted by Gasteiger charge is -2.02. The zero-order chi connectivity index (χ0) is 11.6. The topological polar surface area (TPSA) is 52.6 Å². The maximum absolute atomic E-state index is 10.6. The molecule has 0 heterocycles. The molecule has 0 unspecified atom stereocenters. The lowest BCUT2D eigenvalue weighted by atomic mass is 10.1. The van der Waals surface area contributed by atoms with Gasteiger partial charge in [-0.1, -0.05) is 25.7 Å². The Morgan fingerprint density at radius 1 is 0.867 bits per heavy atom. The van der Waals surface area contributed by atoms with Crippen molar-refractivity contribution in [2.24, 2.45) is 0 Å². The van der Waals surface area contributed by atoms with Gasteiger partial charge in [-0.2, -0.15) is 8.42 Å². The van der Waals surface area contributed by atoms with Crippen molar-refractivity contribution in [2.45, 2.75) is 38.5 Å². The molecule has 5 heteroatoms. The van der Waals surface area contributed by atoms with Crippen LogP contribution < -0.4 is 0 Å². The van der Waals surface area contributed by atoms with Gasteiger partial charge in [0, 0.05) is 13.7 Å². The second kappa shape index (κ2) is 9.12. The van der Waals surface area contributed by atoms with Crippen LogP contribution in [0.1, 0.15) is 38.5 Å². The summed E-state index contributed by atoms with van der Waals surface area (Å²) in [4.78, 5) is 0. The molecule has 0 N–H and O–H groups in total. The van der Waals surface area contributed by atoms with Gasteiger partial charge in [-0.25, -0.2) is 0 Å². The largest absolute Gasteiger partial charge is 0.385 e. The molecule has 0 atom stereocenters. The lowest BCUT2D eigenvalue weighted by molar-refractivity contribution is 0.191. The maximum atomic E-state index is 10.6. The molecule has 92 valence electrons. The van der Waals surface area contributed by atoms with Crippen LogP contribution >= 0.6 is 0 Å². The molecule has 0 saturated heterocycles. The van der Waals surface area contributed by atoms with Crippen molar-refractivity contribution in [3.63, 3.8) is 0 Å². The molecule has 0 fully saturated rings. The van der Waals surface area contributed by atoms with Crippen molar-refractivity contribution in [3.05, 3.63) is 0 Å². The fourth-order valence-electron chi connectivity index (χ4n) is 1.27. The van der Waals surface area contributed by atoms with Crippen LogP contribution in [0.15, 0.2) is 0 Å². The summed E-state index contributed by atoms with van der Waals surface area (Å²) < 4.78 is 30.8. The normalized spacial score (nSPS) is 11.9. The summed E-state index contributed by atoms with van der Waals surface area (Å²) in [5.41, 5.74) is 0. The molecular weight excluding hydrogens is 216 g/mol. The smallest absolute Gasteiger partial charge is 0.264 e. The second-order valence-corrected chi connectivity index (χ2v) is 5.28. The number of ether oxygens (including phenoxy) is 1. The van der Waals surface area contributed by atoms with Gasteiger partial charge in [0.05, 0.1) is 12.9 Å². The fourth-order valence-corrected chi connectivity index (χ4v) is 1.69. The van der Waals surface area contributed by atoms with Gasteiger partial charge < -0.3 is 4.74 Å². The summed E-state index contributed by atoms with van der Waals surface area (Å²) >= 11 is 0. The van der Waals surface area contributed by atoms with E-state index in [0.717, 1.165) is 38.5 Å². The molecular formula is C10H22O4S. The van der Waals surface area contributed by atoms with E-state index in [0.29, 0.717) is 6.61 Å². The van der Waals surface area contributed by atoms with Gasteiger partial charge >= 0.3 is 0 Å². The Morgan fingerprint density at radius 3 is 1.80 bits per heavy atom. The van der Waals surface area contributed by atoms with Crippen LogP contribution in [0.5, 0.6) is 0 Å². The van der Waals surface area contributed by atoms with Crippen LogP contribution in [0.2, 0.25) is 0 Å². The average Bonchev–Trinajstić information content (AvgIpc) is 2.14. The first-order chi connectivity index (χ1) is 7.06. The molecule has 4 nitrogen and oxygen atoms in total. The predicted molar refractivity (Wildman–Crippen MR) is 60.4 cm³/mol. The van der Waals surface area contributed by atoms with E-state index < -0.39 is 10.1 Å². The number of hydrogen-bond acceptors (Lipinski definition) is 4. The van der Waals surface area contributed by atoms with Crippen LogP contribution in [-0.4, -0.2) is 35.0 Å². The Bertz CT molecular complexity index is 224. The van der Waals surface area contributed by atoms with E-state index in [2.05, 4.69) is 4.18 Å². The van der Waals surface area contributed by atoms with Crippen LogP contribution in [0.4, 0.5) is 0 Å². The van der Waals surface area contributed by atoms with Crippen LogP contribution in [0.3, 0.4) is 0 Å². The maximum Gasteiger partial charge on any atom is 0.264 e. The van der Waals surface area contributed by atoms with Crippen molar-refractivity contribution in [1.82, 2.24) is 0 Å². The Labute approximate surface area is 93.1 Å². The molecule has 0 aliphatic carbocycles. The van der Waals surface area contributed by atoms with E-state index in [4.69, 9.17) is 4.74 Å². The Hall–Kier alpha value is -0.130. The van der Waals surface area contributed by atoms with Crippen molar-refractivity contribution < 1.29 is 17.3 Å². The summed E-state index contributed by atoms with van der Waals surface area (Å²) in [6.45, 7) is 1.15. The summed E-state index contributed by atoms with van der Waals surface area (Å²) in [5, 5.41) is 0. The minimum absolute atomic E-state index is 0.316. The summed E-state index contributed by atoms with van der Waals surface area (Å²) in [6.07, 6.45) is 7.54. The van der Waals surface area contributed by atoms with Crippen molar-refractivity contribution in [3.8, 4) is 0 Å². The highest BCUT2D eigenvalue weighted by Gasteiger charge is 1.99. The number of methoxy groups -OCH3 is 1. The van der Waals surface area contributed by atoms with E-state index in [9.17, 15) is 8.42 Å². The summed E-state index contributed by atoms with van der Waals surface area (Å²) in [6, 6.07) is 0. The standard InChI is InChI=1S/C10H22O4S/c1-13-9-7-5-3-4-6-8-10-14-15(2,11)12/h3-10H2,1-2H3. The van der Waals surface area contributed by atoms with Crippen LogP contribution in [0, 0.1) is 0 Å². The van der Waals surface area contributed by atoms with Gasteiger partial charge in [-0.15, -0.1) is 0 Å². The van der Waals surface area contributed by atoms with Gasteiger partial charge in [0.15, 0.2) is 0 Å². The van der Waals surface area contributed by atoms with E-state index in [1.165, 1.54) is 12.8 Å². The predicted octanol–water partition coefficient (Wildman–Crippen LogP) is 1.95. The molecule has 0 aromatic rings. The molecule has 0 aromatic heterocycles. The van der Waals surface area contributed by atoms with Crippen LogP contribution in [0.25, 0.3) is 0 Å². The number of hydrogen-bond donors (Lipinski definition) is 0. The Balaban J connectivity index is 3.06. The van der Waals surface area contributed by atoms with E-state index in [1.54, 1.807) is 7.11 Å². The molecule has 0 aliphatic heterocycles. The highest BCUT2D eigenvalue weighted by Crippen LogP contribution is 2.05. The monoisotopic (exact) mass is 238 g/mol. The van der Waals surface area contributed by atoms with Gasteiger partial charge in [-0.05, 0) is 12.8 Å². The zero-order valence-electron chi connectivity index (χ0n) is 9.70. The van der Waals surface area contributed by atoms with Gasteiger partial charge in [0.1, 0.15) is 0 Å². The lowest BCUT2D eigenvalue weighted by Crippen LogP contribution is -2.03. The van der Waals surface area contributed by atoms with Crippen molar-refractivity contribution >= 4 is 10.1 Å². The minimum atomic E-state index is -3.25. The molecule has 0 radical (unpaired) electrons. The van der Waals surface area contributed by atoms with E-state index in [-0.39, 0.29) is 0 Å². The minimum Gasteiger partial charge on any atom is -0.385 e. The molecule has 0 spiro atoms. The van der Waals surface area contributed by atoms with Crippen molar-refractivity contribution in [1.29, 1.82) is 0 Å². The van der Waals surface area contributed by atoms with E-state index >= 15 is 0 Å². The van der Waals surface area contributed by atoms with Gasteiger partial charge in [-0.3, -0.25) is 4.18 Å². The van der Waals surface area contributed by atoms with E-state index in [1.807, 2.05) is 0 Å². The highest BCUT2D eigenvalue weighted by molar-refractivity contribution is 7.85. The first-order valence-corrected chi connectivity index (χ1v) is 7.21. The Morgan fingerprint density at radius 2 is 1.33 bits per heavy atom. The average molecular weight is 238 g/mol. The highest BCUT2D eigenvalue weighted by atomic mass is 32.2. The number of rotatable bonds is 10. The molecule has 0 rings (SSSR count). The molecule has 0 saturated carbocycles. The first-order valence-electron chi connectivity index (χ1n) is 5.39. The third-order valence-electron chi connectivity index (χ3n) is 2.04. The second-order valence-electron chi connectivity index (χ2n) is 3.64. The first kappa shape index (κ1) is 14.9. The zero-order valence-corrected chi connectivity index (χ0v) is 10.5. The number of unbranched alkanes of at least 4 members (excludes halogenated alkanes) is 5.